The van der Waals surface area contributed by atoms with Crippen molar-refractivity contribution in [2.45, 2.75) is 30.7 Å². The molecule has 0 amide bonds. The fourth-order valence-corrected chi connectivity index (χ4v) is 2.52. The minimum atomic E-state index is -1.17. The van der Waals surface area contributed by atoms with E-state index in [9.17, 15) is 10.2 Å². The van der Waals surface area contributed by atoms with Crippen LogP contribution in [0.4, 0.5) is 0 Å². The van der Waals surface area contributed by atoms with Gasteiger partial charge >= 0.3 is 0 Å². The predicted octanol–water partition coefficient (Wildman–Crippen LogP) is 0.790. The van der Waals surface area contributed by atoms with E-state index < -0.39 is 11.7 Å². The van der Waals surface area contributed by atoms with Crippen molar-refractivity contribution in [3.8, 4) is 5.75 Å². The molecular formula is C11H12O3. The zero-order chi connectivity index (χ0) is 9.76. The summed E-state index contributed by atoms with van der Waals surface area (Å²) < 4.78 is 5.59. The van der Waals surface area contributed by atoms with Crippen molar-refractivity contribution < 1.29 is 14.9 Å². The Balaban J connectivity index is 2.18. The number of para-hydroxylation sites is 1. The molecule has 1 heterocycles. The number of rotatable bonds is 0. The lowest BCUT2D eigenvalue weighted by atomic mass is 9.90. The third-order valence-corrected chi connectivity index (χ3v) is 3.29. The fraction of sp³-hybridized carbons (Fsp3) is 0.455. The molecule has 74 valence electrons. The van der Waals surface area contributed by atoms with Crippen LogP contribution in [0, 0.1) is 0 Å². The maximum atomic E-state index is 10.4. The molecule has 2 aliphatic rings. The van der Waals surface area contributed by atoms with Crippen LogP contribution in [0.2, 0.25) is 0 Å². The fourth-order valence-electron chi connectivity index (χ4n) is 2.52. The van der Waals surface area contributed by atoms with E-state index in [0.29, 0.717) is 18.6 Å². The molecule has 3 atom stereocenters. The summed E-state index contributed by atoms with van der Waals surface area (Å²) in [7, 11) is 0. The number of hydrogen-bond donors (Lipinski definition) is 2. The van der Waals surface area contributed by atoms with Crippen molar-refractivity contribution in [1.82, 2.24) is 0 Å². The van der Waals surface area contributed by atoms with Crippen LogP contribution in [-0.4, -0.2) is 22.4 Å². The predicted molar refractivity (Wildman–Crippen MR) is 50.0 cm³/mol. The van der Waals surface area contributed by atoms with Crippen LogP contribution in [0.3, 0.4) is 0 Å². The van der Waals surface area contributed by atoms with Crippen LogP contribution in [0.5, 0.6) is 5.75 Å². The summed E-state index contributed by atoms with van der Waals surface area (Å²) in [5.41, 5.74) is -0.439. The second-order valence-corrected chi connectivity index (χ2v) is 4.02. The van der Waals surface area contributed by atoms with Gasteiger partial charge in [0, 0.05) is 5.56 Å². The van der Waals surface area contributed by atoms with Crippen molar-refractivity contribution >= 4 is 0 Å². The van der Waals surface area contributed by atoms with Crippen molar-refractivity contribution in [3.05, 3.63) is 29.8 Å². The van der Waals surface area contributed by atoms with Crippen LogP contribution in [0.25, 0.3) is 0 Å². The highest BCUT2D eigenvalue weighted by atomic mass is 16.5. The normalized spacial score (nSPS) is 39.0. The number of aliphatic hydroxyl groups excluding tert-OH is 1. The van der Waals surface area contributed by atoms with Gasteiger partial charge in [-0.3, -0.25) is 0 Å². The van der Waals surface area contributed by atoms with Crippen molar-refractivity contribution in [1.29, 1.82) is 0 Å². The van der Waals surface area contributed by atoms with Gasteiger partial charge in [-0.2, -0.15) is 0 Å². The average Bonchev–Trinajstić information content (AvgIpc) is 2.63. The van der Waals surface area contributed by atoms with E-state index in [1.807, 2.05) is 24.3 Å². The van der Waals surface area contributed by atoms with Crippen molar-refractivity contribution in [3.63, 3.8) is 0 Å². The molecule has 2 N–H and O–H groups in total. The highest BCUT2D eigenvalue weighted by Crippen LogP contribution is 2.49. The minimum Gasteiger partial charge on any atom is -0.487 e. The average molecular weight is 192 g/mol. The maximum Gasteiger partial charge on any atom is 0.155 e. The summed E-state index contributed by atoms with van der Waals surface area (Å²) in [6.07, 6.45) is 0.355. The number of ether oxygens (including phenoxy) is 1. The van der Waals surface area contributed by atoms with Gasteiger partial charge in [-0.05, 0) is 18.9 Å². The molecule has 0 aromatic heterocycles. The lowest BCUT2D eigenvalue weighted by molar-refractivity contribution is -0.0897. The van der Waals surface area contributed by atoms with E-state index >= 15 is 0 Å². The molecule has 0 radical (unpaired) electrons. The number of aliphatic hydroxyl groups is 2. The van der Waals surface area contributed by atoms with Gasteiger partial charge in [0.1, 0.15) is 11.9 Å². The van der Waals surface area contributed by atoms with Gasteiger partial charge in [0.25, 0.3) is 0 Å². The molecule has 0 bridgehead atoms. The van der Waals surface area contributed by atoms with Crippen LogP contribution >= 0.6 is 0 Å². The Hall–Kier alpha value is -1.06. The first-order valence-electron chi connectivity index (χ1n) is 4.89. The Morgan fingerprint density at radius 2 is 2.07 bits per heavy atom. The lowest BCUT2D eigenvalue weighted by Gasteiger charge is -2.24. The number of hydrogen-bond acceptors (Lipinski definition) is 3. The zero-order valence-electron chi connectivity index (χ0n) is 7.68. The molecule has 3 heteroatoms. The summed E-state index contributed by atoms with van der Waals surface area (Å²) in [5, 5.41) is 20.2. The molecule has 1 aliphatic heterocycles. The monoisotopic (exact) mass is 192 g/mol. The smallest absolute Gasteiger partial charge is 0.155 e. The molecule has 1 aliphatic carbocycles. The van der Waals surface area contributed by atoms with Crippen molar-refractivity contribution in [2.24, 2.45) is 0 Å². The molecule has 1 unspecified atom stereocenters. The van der Waals surface area contributed by atoms with Crippen LogP contribution < -0.4 is 4.74 Å². The quantitative estimate of drug-likeness (QED) is 0.639. The lowest BCUT2D eigenvalue weighted by Crippen LogP contribution is -2.41. The molecule has 1 aromatic rings. The Labute approximate surface area is 81.9 Å². The minimum absolute atomic E-state index is 0.269. The van der Waals surface area contributed by atoms with E-state index in [1.165, 1.54) is 0 Å². The highest BCUT2D eigenvalue weighted by Gasteiger charge is 2.56. The topological polar surface area (TPSA) is 49.7 Å². The second kappa shape index (κ2) is 2.49. The van der Waals surface area contributed by atoms with Crippen LogP contribution in [0.15, 0.2) is 24.3 Å². The van der Waals surface area contributed by atoms with Gasteiger partial charge in [0.2, 0.25) is 0 Å². The molecule has 1 saturated carbocycles. The van der Waals surface area contributed by atoms with Gasteiger partial charge in [-0.1, -0.05) is 18.2 Å². The summed E-state index contributed by atoms with van der Waals surface area (Å²) in [6.45, 7) is 0. The highest BCUT2D eigenvalue weighted by molar-refractivity contribution is 5.45. The molecule has 3 nitrogen and oxygen atoms in total. The Morgan fingerprint density at radius 1 is 1.29 bits per heavy atom. The molecule has 14 heavy (non-hydrogen) atoms. The first kappa shape index (κ1) is 8.26. The van der Waals surface area contributed by atoms with Crippen molar-refractivity contribution in [2.75, 3.05) is 0 Å². The first-order valence-corrected chi connectivity index (χ1v) is 4.89. The summed E-state index contributed by atoms with van der Waals surface area (Å²) in [6, 6.07) is 7.38. The third-order valence-electron chi connectivity index (χ3n) is 3.29. The van der Waals surface area contributed by atoms with Crippen LogP contribution in [0.1, 0.15) is 18.4 Å². The van der Waals surface area contributed by atoms with Gasteiger partial charge in [-0.15, -0.1) is 0 Å². The summed E-state index contributed by atoms with van der Waals surface area (Å²) in [5.74, 6) is 0.707. The maximum absolute atomic E-state index is 10.4. The third kappa shape index (κ3) is 0.792. The van der Waals surface area contributed by atoms with E-state index in [2.05, 4.69) is 0 Å². The molecule has 0 saturated heterocycles. The summed E-state index contributed by atoms with van der Waals surface area (Å²) >= 11 is 0. The second-order valence-electron chi connectivity index (χ2n) is 4.02. The molecular weight excluding hydrogens is 180 g/mol. The van der Waals surface area contributed by atoms with E-state index in [4.69, 9.17) is 4.74 Å². The Bertz CT molecular complexity index is 377. The standard InChI is InChI=1S/C11H12O3/c12-9-5-6-10-11(9,13)7-3-1-2-4-8(7)14-10/h1-4,9-10,12-13H,5-6H2/t9-,10?,11-/m1/s1. The van der Waals surface area contributed by atoms with Crippen LogP contribution in [-0.2, 0) is 5.60 Å². The molecule has 3 rings (SSSR count). The first-order chi connectivity index (χ1) is 6.73. The SMILES string of the molecule is O[C@@H]1CCC2Oc3ccccc3[C@]21O. The summed E-state index contributed by atoms with van der Waals surface area (Å²) in [4.78, 5) is 0. The van der Waals surface area contributed by atoms with Gasteiger partial charge in [0.15, 0.2) is 5.60 Å². The number of fused-ring (bicyclic) bond motifs is 3. The zero-order valence-corrected chi connectivity index (χ0v) is 7.68. The Kier molecular flexibility index (Phi) is 1.47. The van der Waals surface area contributed by atoms with Gasteiger partial charge < -0.3 is 14.9 Å². The van der Waals surface area contributed by atoms with E-state index in [1.54, 1.807) is 0 Å². The number of benzene rings is 1. The van der Waals surface area contributed by atoms with Gasteiger partial charge in [-0.25, -0.2) is 0 Å². The Morgan fingerprint density at radius 3 is 2.93 bits per heavy atom. The van der Waals surface area contributed by atoms with E-state index in [-0.39, 0.29) is 6.10 Å². The van der Waals surface area contributed by atoms with E-state index in [0.717, 1.165) is 5.56 Å². The van der Waals surface area contributed by atoms with Gasteiger partial charge in [0.05, 0.1) is 6.10 Å². The largest absolute Gasteiger partial charge is 0.487 e. The molecule has 1 fully saturated rings. The molecule has 0 spiro atoms. The molecule has 1 aromatic carbocycles.